The van der Waals surface area contributed by atoms with Gasteiger partial charge < -0.3 is 11.5 Å². The second kappa shape index (κ2) is 4.24. The zero-order chi connectivity index (χ0) is 12.6. The van der Waals surface area contributed by atoms with Gasteiger partial charge in [0.2, 0.25) is 0 Å². The molecule has 0 spiro atoms. The van der Waals surface area contributed by atoms with Gasteiger partial charge in [-0.3, -0.25) is 0 Å². The van der Waals surface area contributed by atoms with Gasteiger partial charge >= 0.3 is 0 Å². The summed E-state index contributed by atoms with van der Waals surface area (Å²) in [6.07, 6.45) is 1.10. The van der Waals surface area contributed by atoms with Gasteiger partial charge in [0, 0.05) is 11.6 Å². The zero-order valence-electron chi connectivity index (χ0n) is 10.4. The van der Waals surface area contributed by atoms with E-state index in [4.69, 9.17) is 11.5 Å². The van der Waals surface area contributed by atoms with E-state index < -0.39 is 0 Å². The maximum Gasteiger partial charge on any atom is 0.190 e. The van der Waals surface area contributed by atoms with Gasteiger partial charge in [-0.2, -0.15) is 0 Å². The number of aryl methyl sites for hydroxylation is 2. The number of aliphatic imine (C=N–C) groups is 1. The summed E-state index contributed by atoms with van der Waals surface area (Å²) in [6.45, 7) is 8.20. The average Bonchev–Trinajstić information content (AvgIpc) is 3.00. The van der Waals surface area contributed by atoms with E-state index in [1.54, 1.807) is 0 Å². The lowest BCUT2D eigenvalue weighted by Crippen LogP contribution is -2.22. The molecule has 0 radical (unpaired) electrons. The van der Waals surface area contributed by atoms with Gasteiger partial charge in [0.25, 0.3) is 0 Å². The van der Waals surface area contributed by atoms with Crippen LogP contribution in [0.3, 0.4) is 0 Å². The van der Waals surface area contributed by atoms with Gasteiger partial charge in [0.1, 0.15) is 0 Å². The molecule has 17 heavy (non-hydrogen) atoms. The van der Waals surface area contributed by atoms with Crippen molar-refractivity contribution in [1.82, 2.24) is 0 Å². The van der Waals surface area contributed by atoms with Crippen molar-refractivity contribution in [1.29, 1.82) is 0 Å². The third-order valence-corrected chi connectivity index (χ3v) is 3.33. The number of allylic oxidation sites excluding steroid dienone is 1. The van der Waals surface area contributed by atoms with E-state index in [1.165, 1.54) is 16.7 Å². The molecule has 90 valence electrons. The van der Waals surface area contributed by atoms with Gasteiger partial charge in [0.15, 0.2) is 5.96 Å². The van der Waals surface area contributed by atoms with Crippen molar-refractivity contribution >= 4 is 5.96 Å². The molecule has 2 rings (SSSR count). The molecule has 3 heteroatoms. The molecule has 0 bridgehead atoms. The summed E-state index contributed by atoms with van der Waals surface area (Å²) in [5, 5.41) is 0. The highest BCUT2D eigenvalue weighted by molar-refractivity contribution is 5.76. The van der Waals surface area contributed by atoms with Crippen LogP contribution >= 0.6 is 0 Å². The summed E-state index contributed by atoms with van der Waals surface area (Å²) in [5.41, 5.74) is 15.6. The molecule has 0 aliphatic heterocycles. The molecule has 1 aliphatic carbocycles. The van der Waals surface area contributed by atoms with Crippen molar-refractivity contribution in [2.45, 2.75) is 26.2 Å². The lowest BCUT2D eigenvalue weighted by atomic mass is 10.00. The van der Waals surface area contributed by atoms with Crippen molar-refractivity contribution in [3.8, 4) is 0 Å². The first-order chi connectivity index (χ1) is 7.99. The molecule has 2 unspecified atom stereocenters. The highest BCUT2D eigenvalue weighted by Crippen LogP contribution is 2.52. The van der Waals surface area contributed by atoms with E-state index in [0.717, 1.165) is 12.1 Å². The second-order valence-corrected chi connectivity index (χ2v) is 4.84. The molecule has 0 amide bonds. The Morgan fingerprint density at radius 2 is 2.06 bits per heavy atom. The Morgan fingerprint density at radius 3 is 2.71 bits per heavy atom. The van der Waals surface area contributed by atoms with Crippen LogP contribution in [0, 0.1) is 19.8 Å². The lowest BCUT2D eigenvalue weighted by molar-refractivity contribution is 0.917. The largest absolute Gasteiger partial charge is 0.370 e. The van der Waals surface area contributed by atoms with Crippen molar-refractivity contribution in [2.24, 2.45) is 22.4 Å². The number of hydrogen-bond acceptors (Lipinski definition) is 1. The minimum atomic E-state index is 0.0987. The summed E-state index contributed by atoms with van der Waals surface area (Å²) in [7, 11) is 0. The first-order valence-electron chi connectivity index (χ1n) is 5.84. The van der Waals surface area contributed by atoms with Crippen LogP contribution in [0.4, 0.5) is 0 Å². The Hall–Kier alpha value is -1.77. The second-order valence-electron chi connectivity index (χ2n) is 4.84. The number of hydrogen-bond donors (Lipinski definition) is 2. The van der Waals surface area contributed by atoms with Crippen LogP contribution in [0.25, 0.3) is 0 Å². The molecule has 1 aliphatic rings. The smallest absolute Gasteiger partial charge is 0.190 e. The van der Waals surface area contributed by atoms with Crippen LogP contribution < -0.4 is 11.5 Å². The summed E-state index contributed by atoms with van der Waals surface area (Å²) in [4.78, 5) is 4.04. The summed E-state index contributed by atoms with van der Waals surface area (Å²) >= 11 is 0. The van der Waals surface area contributed by atoms with Crippen LogP contribution in [0.5, 0.6) is 0 Å². The Bertz CT molecular complexity index is 484. The monoisotopic (exact) mass is 229 g/mol. The van der Waals surface area contributed by atoms with Crippen molar-refractivity contribution in [2.75, 3.05) is 0 Å². The Kier molecular flexibility index (Phi) is 2.92. The molecule has 1 aromatic carbocycles. The molecular weight excluding hydrogens is 210 g/mol. The van der Waals surface area contributed by atoms with E-state index in [9.17, 15) is 0 Å². The minimum absolute atomic E-state index is 0.0987. The van der Waals surface area contributed by atoms with E-state index >= 15 is 0 Å². The maximum atomic E-state index is 5.36. The SMILES string of the molecule is C=C(N=C(N)N)C1CC1c1cc(C)ccc1C. The Labute approximate surface area is 102 Å². The topological polar surface area (TPSA) is 64.4 Å². The highest BCUT2D eigenvalue weighted by Gasteiger charge is 2.41. The summed E-state index contributed by atoms with van der Waals surface area (Å²) < 4.78 is 0. The third-order valence-electron chi connectivity index (χ3n) is 3.33. The fourth-order valence-electron chi connectivity index (χ4n) is 2.32. The van der Waals surface area contributed by atoms with Gasteiger partial charge in [-0.15, -0.1) is 0 Å². The fourth-order valence-corrected chi connectivity index (χ4v) is 2.32. The molecule has 1 aromatic rings. The summed E-state index contributed by atoms with van der Waals surface area (Å²) in [5.74, 6) is 1.03. The molecule has 1 fully saturated rings. The number of nitrogens with two attached hydrogens (primary N) is 2. The van der Waals surface area contributed by atoms with E-state index in [1.807, 2.05) is 0 Å². The Morgan fingerprint density at radius 1 is 1.35 bits per heavy atom. The Balaban J connectivity index is 2.15. The van der Waals surface area contributed by atoms with Crippen LogP contribution in [-0.2, 0) is 0 Å². The standard InChI is InChI=1S/C14H19N3/c1-8-4-5-9(2)11(6-8)13-7-12(13)10(3)17-14(15)16/h4-6,12-13H,3,7H2,1-2H3,(H4,15,16,17). The van der Waals surface area contributed by atoms with Gasteiger partial charge in [-0.05, 0) is 37.3 Å². The molecule has 0 aromatic heterocycles. The highest BCUT2D eigenvalue weighted by atomic mass is 15.0. The van der Waals surface area contributed by atoms with Crippen molar-refractivity contribution < 1.29 is 0 Å². The molecule has 3 nitrogen and oxygen atoms in total. The van der Waals surface area contributed by atoms with Gasteiger partial charge in [-0.25, -0.2) is 4.99 Å². The number of guanidine groups is 1. The lowest BCUT2D eigenvalue weighted by Gasteiger charge is -2.06. The number of benzene rings is 1. The molecule has 1 saturated carbocycles. The van der Waals surface area contributed by atoms with Crippen LogP contribution in [0.15, 0.2) is 35.5 Å². The maximum absolute atomic E-state index is 5.36. The van der Waals surface area contributed by atoms with Crippen molar-refractivity contribution in [3.05, 3.63) is 47.2 Å². The van der Waals surface area contributed by atoms with Crippen LogP contribution in [-0.4, -0.2) is 5.96 Å². The zero-order valence-corrected chi connectivity index (χ0v) is 10.4. The molecule has 0 heterocycles. The predicted octanol–water partition coefficient (Wildman–Crippen LogP) is 2.19. The minimum Gasteiger partial charge on any atom is -0.370 e. The van der Waals surface area contributed by atoms with Crippen molar-refractivity contribution in [3.63, 3.8) is 0 Å². The molecule has 0 saturated heterocycles. The fraction of sp³-hybridized carbons (Fsp3) is 0.357. The van der Waals surface area contributed by atoms with E-state index in [0.29, 0.717) is 11.8 Å². The van der Waals surface area contributed by atoms with Crippen LogP contribution in [0.1, 0.15) is 29.0 Å². The third kappa shape index (κ3) is 2.49. The summed E-state index contributed by atoms with van der Waals surface area (Å²) in [6, 6.07) is 6.56. The number of nitrogens with zero attached hydrogens (tertiary/aromatic N) is 1. The van der Waals surface area contributed by atoms with Gasteiger partial charge in [-0.1, -0.05) is 30.3 Å². The van der Waals surface area contributed by atoms with Gasteiger partial charge in [0.05, 0.1) is 0 Å². The first kappa shape index (κ1) is 11.7. The molecule has 4 N–H and O–H groups in total. The first-order valence-corrected chi connectivity index (χ1v) is 5.84. The number of rotatable bonds is 3. The van der Waals surface area contributed by atoms with Crippen LogP contribution in [0.2, 0.25) is 0 Å². The predicted molar refractivity (Wildman–Crippen MR) is 71.7 cm³/mol. The molecular formula is C14H19N3. The normalized spacial score (nSPS) is 22.0. The van der Waals surface area contributed by atoms with E-state index in [2.05, 4.69) is 43.6 Å². The molecule has 2 atom stereocenters. The average molecular weight is 229 g/mol. The van der Waals surface area contributed by atoms with E-state index in [-0.39, 0.29) is 5.96 Å². The quantitative estimate of drug-likeness (QED) is 0.616.